The lowest BCUT2D eigenvalue weighted by molar-refractivity contribution is -0.138. The quantitative estimate of drug-likeness (QED) is 0.336. The number of nitrogens with zero attached hydrogens (tertiary/aromatic N) is 1. The van der Waals surface area contributed by atoms with Gasteiger partial charge < -0.3 is 10.4 Å². The molecule has 0 atom stereocenters. The molecule has 2 N–H and O–H groups in total. The lowest BCUT2D eigenvalue weighted by atomic mass is 10.3. The van der Waals surface area contributed by atoms with E-state index in [1.165, 1.54) is 33.7 Å². The minimum Gasteiger partial charge on any atom is -0.481 e. The minimum absolute atomic E-state index is 0.0793. The summed E-state index contributed by atoms with van der Waals surface area (Å²) in [6.45, 7) is 0.542. The number of rotatable bonds is 10. The van der Waals surface area contributed by atoms with Gasteiger partial charge in [-0.05, 0) is 0 Å². The van der Waals surface area contributed by atoms with Crippen LogP contribution in [0.3, 0.4) is 0 Å². The lowest BCUT2D eigenvalue weighted by Gasteiger charge is -2.13. The smallest absolute Gasteiger partial charge is 0.304 e. The third kappa shape index (κ3) is 7.19. The first kappa shape index (κ1) is 17.6. The zero-order valence-corrected chi connectivity index (χ0v) is 12.9. The van der Waals surface area contributed by atoms with Gasteiger partial charge in [0.15, 0.2) is 0 Å². The zero-order valence-electron chi connectivity index (χ0n) is 11.2. The third-order valence-electron chi connectivity index (χ3n) is 2.45. The Morgan fingerprint density at radius 2 is 1.71 bits per heavy atom. The number of imide groups is 1. The monoisotopic (exact) mass is 332 g/mol. The maximum absolute atomic E-state index is 11.5. The Labute approximate surface area is 129 Å². The summed E-state index contributed by atoms with van der Waals surface area (Å²) in [4.78, 5) is 45.3. The van der Waals surface area contributed by atoms with Crippen molar-refractivity contribution in [1.82, 2.24) is 10.2 Å². The van der Waals surface area contributed by atoms with Crippen molar-refractivity contribution in [2.75, 3.05) is 24.6 Å². The molecule has 0 unspecified atom stereocenters. The van der Waals surface area contributed by atoms with Crippen LogP contribution in [0.25, 0.3) is 0 Å². The summed E-state index contributed by atoms with van der Waals surface area (Å²) >= 11 is 0. The van der Waals surface area contributed by atoms with Crippen LogP contribution in [-0.2, 0) is 19.2 Å². The first-order chi connectivity index (χ1) is 10.0. The Kier molecular flexibility index (Phi) is 7.91. The Morgan fingerprint density at radius 1 is 1.10 bits per heavy atom. The van der Waals surface area contributed by atoms with Crippen LogP contribution in [0.4, 0.5) is 0 Å². The summed E-state index contributed by atoms with van der Waals surface area (Å²) in [6, 6.07) is 0. The molecular formula is C12H16N2O5S2. The van der Waals surface area contributed by atoms with Gasteiger partial charge in [-0.15, -0.1) is 0 Å². The van der Waals surface area contributed by atoms with Gasteiger partial charge in [0.05, 0.1) is 6.42 Å². The van der Waals surface area contributed by atoms with Crippen molar-refractivity contribution in [2.45, 2.75) is 12.8 Å². The van der Waals surface area contributed by atoms with E-state index in [2.05, 4.69) is 5.32 Å². The third-order valence-corrected chi connectivity index (χ3v) is 4.86. The van der Waals surface area contributed by atoms with Crippen molar-refractivity contribution in [3.8, 4) is 0 Å². The van der Waals surface area contributed by atoms with Gasteiger partial charge in [-0.2, -0.15) is 0 Å². The van der Waals surface area contributed by atoms with Crippen LogP contribution >= 0.6 is 21.6 Å². The van der Waals surface area contributed by atoms with Crippen molar-refractivity contribution < 1.29 is 24.3 Å². The molecule has 0 saturated carbocycles. The van der Waals surface area contributed by atoms with Crippen LogP contribution < -0.4 is 5.32 Å². The standard InChI is InChI=1S/C12H16N2O5S2/c15-9(3-6-14-10(16)1-2-11(14)17)13-5-8-21-20-7-4-12(18)19/h1-2H,3-8H2,(H,13,15)(H,18,19). The highest BCUT2D eigenvalue weighted by Crippen LogP contribution is 2.20. The highest BCUT2D eigenvalue weighted by atomic mass is 33.1. The number of amides is 3. The summed E-state index contributed by atoms with van der Waals surface area (Å²) in [5, 5.41) is 11.1. The maximum Gasteiger partial charge on any atom is 0.304 e. The molecule has 0 bridgehead atoms. The molecule has 1 aliphatic heterocycles. The van der Waals surface area contributed by atoms with Gasteiger partial charge in [-0.25, -0.2) is 0 Å². The van der Waals surface area contributed by atoms with Crippen LogP contribution in [0.5, 0.6) is 0 Å². The average Bonchev–Trinajstić information content (AvgIpc) is 2.74. The van der Waals surface area contributed by atoms with E-state index in [9.17, 15) is 19.2 Å². The van der Waals surface area contributed by atoms with Crippen LogP contribution in [0.15, 0.2) is 12.2 Å². The van der Waals surface area contributed by atoms with E-state index in [4.69, 9.17) is 5.11 Å². The Balaban J connectivity index is 2.00. The van der Waals surface area contributed by atoms with Gasteiger partial charge in [-0.1, -0.05) is 21.6 Å². The molecule has 0 radical (unpaired) electrons. The SMILES string of the molecule is O=C(O)CCSSCCNC(=O)CCN1C(=O)C=CC1=O. The van der Waals surface area contributed by atoms with Gasteiger partial charge in [0, 0.05) is 43.2 Å². The summed E-state index contributed by atoms with van der Waals surface area (Å²) in [7, 11) is 2.94. The fraction of sp³-hybridized carbons (Fsp3) is 0.500. The predicted molar refractivity (Wildman–Crippen MR) is 80.7 cm³/mol. The van der Waals surface area contributed by atoms with E-state index in [0.29, 0.717) is 18.1 Å². The summed E-state index contributed by atoms with van der Waals surface area (Å²) in [5.74, 6) is -0.633. The van der Waals surface area contributed by atoms with Crippen molar-refractivity contribution >= 4 is 45.3 Å². The van der Waals surface area contributed by atoms with Crippen LogP contribution in [0.2, 0.25) is 0 Å². The molecule has 9 heteroatoms. The Hall–Kier alpha value is -1.48. The van der Waals surface area contributed by atoms with Gasteiger partial charge in [-0.3, -0.25) is 24.1 Å². The molecule has 1 rings (SSSR count). The summed E-state index contributed by atoms with van der Waals surface area (Å²) < 4.78 is 0. The van der Waals surface area contributed by atoms with Crippen LogP contribution in [0.1, 0.15) is 12.8 Å². The fourth-order valence-electron chi connectivity index (χ4n) is 1.43. The lowest BCUT2D eigenvalue weighted by Crippen LogP contribution is -2.35. The van der Waals surface area contributed by atoms with E-state index in [1.54, 1.807) is 0 Å². The number of carboxylic acids is 1. The van der Waals surface area contributed by atoms with E-state index in [-0.39, 0.29) is 25.3 Å². The molecule has 7 nitrogen and oxygen atoms in total. The minimum atomic E-state index is -0.822. The highest BCUT2D eigenvalue weighted by molar-refractivity contribution is 8.76. The zero-order chi connectivity index (χ0) is 15.7. The number of carbonyl (C=O) groups is 4. The number of carboxylic acid groups (broad SMARTS) is 1. The maximum atomic E-state index is 11.5. The van der Waals surface area contributed by atoms with E-state index in [1.807, 2.05) is 0 Å². The first-order valence-electron chi connectivity index (χ1n) is 6.27. The van der Waals surface area contributed by atoms with Crippen molar-refractivity contribution in [3.63, 3.8) is 0 Å². The largest absolute Gasteiger partial charge is 0.481 e. The number of hydrogen-bond acceptors (Lipinski definition) is 6. The van der Waals surface area contributed by atoms with E-state index < -0.39 is 17.8 Å². The van der Waals surface area contributed by atoms with Crippen LogP contribution in [0, 0.1) is 0 Å². The fourth-order valence-corrected chi connectivity index (χ4v) is 3.32. The molecule has 0 fully saturated rings. The number of aliphatic carboxylic acids is 1. The molecule has 1 aliphatic rings. The Morgan fingerprint density at radius 3 is 2.33 bits per heavy atom. The molecule has 0 aromatic heterocycles. The molecule has 0 saturated heterocycles. The summed E-state index contributed by atoms with van der Waals surface area (Å²) in [5.41, 5.74) is 0. The van der Waals surface area contributed by atoms with E-state index >= 15 is 0 Å². The van der Waals surface area contributed by atoms with Crippen LogP contribution in [-0.4, -0.2) is 58.3 Å². The molecule has 1 heterocycles. The second-order valence-electron chi connectivity index (χ2n) is 4.05. The molecule has 3 amide bonds. The molecule has 21 heavy (non-hydrogen) atoms. The topological polar surface area (TPSA) is 104 Å². The normalized spacial score (nSPS) is 13.8. The van der Waals surface area contributed by atoms with Crippen molar-refractivity contribution in [1.29, 1.82) is 0 Å². The second-order valence-corrected chi connectivity index (χ2v) is 6.75. The van der Waals surface area contributed by atoms with E-state index in [0.717, 1.165) is 4.90 Å². The number of carbonyl (C=O) groups excluding carboxylic acids is 3. The van der Waals surface area contributed by atoms with Gasteiger partial charge in [0.2, 0.25) is 5.91 Å². The van der Waals surface area contributed by atoms with Crippen molar-refractivity contribution in [3.05, 3.63) is 12.2 Å². The van der Waals surface area contributed by atoms with Crippen molar-refractivity contribution in [2.24, 2.45) is 0 Å². The first-order valence-corrected chi connectivity index (χ1v) is 8.76. The molecular weight excluding hydrogens is 316 g/mol. The van der Waals surface area contributed by atoms with Gasteiger partial charge in [0.1, 0.15) is 0 Å². The predicted octanol–water partition coefficient (Wildman–Crippen LogP) is 0.274. The second kappa shape index (κ2) is 9.46. The molecule has 0 spiro atoms. The number of nitrogens with one attached hydrogen (secondary N) is 1. The van der Waals surface area contributed by atoms with Gasteiger partial charge >= 0.3 is 5.97 Å². The summed E-state index contributed by atoms with van der Waals surface area (Å²) in [6.07, 6.45) is 2.57. The molecule has 0 aromatic rings. The molecule has 116 valence electrons. The number of hydrogen-bond donors (Lipinski definition) is 2. The molecule has 0 aromatic carbocycles. The molecule has 0 aliphatic carbocycles. The Bertz CT molecular complexity index is 435. The highest BCUT2D eigenvalue weighted by Gasteiger charge is 2.23. The van der Waals surface area contributed by atoms with Gasteiger partial charge in [0.25, 0.3) is 11.8 Å². The average molecular weight is 332 g/mol.